The highest BCUT2D eigenvalue weighted by molar-refractivity contribution is 5.98. The summed E-state index contributed by atoms with van der Waals surface area (Å²) in [6.07, 6.45) is 0.732. The van der Waals surface area contributed by atoms with Crippen LogP contribution >= 0.6 is 0 Å². The van der Waals surface area contributed by atoms with Gasteiger partial charge in [-0.3, -0.25) is 4.79 Å². The molecule has 0 radical (unpaired) electrons. The summed E-state index contributed by atoms with van der Waals surface area (Å²) < 4.78 is 21.2. The van der Waals surface area contributed by atoms with Gasteiger partial charge in [-0.15, -0.1) is 0 Å². The molecule has 5 heteroatoms. The zero-order valence-corrected chi connectivity index (χ0v) is 9.69. The first-order chi connectivity index (χ1) is 7.53. The van der Waals surface area contributed by atoms with E-state index < -0.39 is 11.9 Å². The Hall–Kier alpha value is -0.750. The monoisotopic (exact) mass is 228 g/mol. The highest BCUT2D eigenvalue weighted by Gasteiger charge is 2.49. The molecule has 1 heterocycles. The third-order valence-electron chi connectivity index (χ3n) is 2.54. The number of carbonyl (C=O) groups is 1. The first kappa shape index (κ1) is 11.7. The van der Waals surface area contributed by atoms with Gasteiger partial charge in [0.25, 0.3) is 0 Å². The van der Waals surface area contributed by atoms with Crippen LogP contribution in [0.5, 0.6) is 0 Å². The van der Waals surface area contributed by atoms with Crippen LogP contribution in [0.3, 0.4) is 0 Å². The molecule has 0 saturated carbocycles. The summed E-state index contributed by atoms with van der Waals surface area (Å²) in [5, 5.41) is 0. The molecule has 0 unspecified atom stereocenters. The summed E-state index contributed by atoms with van der Waals surface area (Å²) in [6.45, 7) is 4.13. The Morgan fingerprint density at radius 1 is 1.38 bits per heavy atom. The predicted octanol–water partition coefficient (Wildman–Crippen LogP) is 0.636. The number of methoxy groups -OCH3 is 1. The zero-order valence-electron chi connectivity index (χ0n) is 9.69. The van der Waals surface area contributed by atoms with Crippen LogP contribution in [0.4, 0.5) is 0 Å². The van der Waals surface area contributed by atoms with E-state index in [2.05, 4.69) is 0 Å². The van der Waals surface area contributed by atoms with E-state index in [1.807, 2.05) is 0 Å². The van der Waals surface area contributed by atoms with Crippen molar-refractivity contribution in [2.75, 3.05) is 20.5 Å². The number of hydrogen-bond donors (Lipinski definition) is 0. The highest BCUT2D eigenvalue weighted by Crippen LogP contribution is 2.36. The smallest absolute Gasteiger partial charge is 0.187 e. The van der Waals surface area contributed by atoms with Crippen LogP contribution in [0.25, 0.3) is 0 Å². The maximum Gasteiger partial charge on any atom is 0.187 e. The van der Waals surface area contributed by atoms with Gasteiger partial charge in [0.1, 0.15) is 12.9 Å². The van der Waals surface area contributed by atoms with Gasteiger partial charge in [0, 0.05) is 7.11 Å². The van der Waals surface area contributed by atoms with Crippen molar-refractivity contribution in [3.8, 4) is 0 Å². The maximum absolute atomic E-state index is 11.6. The molecule has 0 N–H and O–H groups in total. The average Bonchev–Trinajstić information content (AvgIpc) is 2.64. The van der Waals surface area contributed by atoms with Crippen LogP contribution in [-0.4, -0.2) is 44.3 Å². The molecule has 1 aliphatic carbocycles. The quantitative estimate of drug-likeness (QED) is 0.522. The first-order valence-electron chi connectivity index (χ1n) is 5.20. The predicted molar refractivity (Wildman–Crippen MR) is 54.7 cm³/mol. The number of rotatable bonds is 4. The molecule has 1 fully saturated rings. The highest BCUT2D eigenvalue weighted by atomic mass is 16.8. The van der Waals surface area contributed by atoms with Crippen LogP contribution in [0.2, 0.25) is 0 Å². The van der Waals surface area contributed by atoms with Crippen molar-refractivity contribution in [1.29, 1.82) is 0 Å². The van der Waals surface area contributed by atoms with E-state index >= 15 is 0 Å². The van der Waals surface area contributed by atoms with Gasteiger partial charge in [-0.2, -0.15) is 0 Å². The van der Waals surface area contributed by atoms with Crippen molar-refractivity contribution in [2.24, 2.45) is 0 Å². The van der Waals surface area contributed by atoms with E-state index in [1.165, 1.54) is 0 Å². The fourth-order valence-electron chi connectivity index (χ4n) is 1.95. The van der Waals surface area contributed by atoms with Gasteiger partial charge in [-0.1, -0.05) is 0 Å². The van der Waals surface area contributed by atoms with E-state index in [0.29, 0.717) is 6.61 Å². The Morgan fingerprint density at radius 2 is 2.06 bits per heavy atom. The largest absolute Gasteiger partial charge is 0.359 e. The number of ketones is 1. The molecular formula is C11H16O5. The maximum atomic E-state index is 11.6. The van der Waals surface area contributed by atoms with E-state index in [1.54, 1.807) is 27.0 Å². The third-order valence-corrected chi connectivity index (χ3v) is 2.54. The van der Waals surface area contributed by atoms with E-state index in [-0.39, 0.29) is 18.7 Å². The molecule has 16 heavy (non-hydrogen) atoms. The number of fused-ring (bicyclic) bond motifs is 1. The Bertz CT molecular complexity index is 320. The second-order valence-corrected chi connectivity index (χ2v) is 4.35. The molecule has 0 spiro atoms. The molecule has 1 aliphatic heterocycles. The third kappa shape index (κ3) is 2.17. The Morgan fingerprint density at radius 3 is 2.75 bits per heavy atom. The molecule has 1 saturated heterocycles. The van der Waals surface area contributed by atoms with Crippen molar-refractivity contribution >= 4 is 5.78 Å². The molecule has 90 valence electrons. The van der Waals surface area contributed by atoms with E-state index in [0.717, 1.165) is 5.57 Å². The molecule has 0 bridgehead atoms. The molecule has 2 atom stereocenters. The van der Waals surface area contributed by atoms with Gasteiger partial charge in [-0.05, 0) is 25.5 Å². The molecule has 2 aliphatic rings. The Balaban J connectivity index is 2.00. The lowest BCUT2D eigenvalue weighted by molar-refractivity contribution is -0.153. The summed E-state index contributed by atoms with van der Waals surface area (Å²) in [4.78, 5) is 11.6. The number of hydrogen-bond acceptors (Lipinski definition) is 5. The number of carbonyl (C=O) groups excluding carboxylic acids is 1. The lowest BCUT2D eigenvalue weighted by Crippen LogP contribution is -2.26. The molecule has 5 nitrogen and oxygen atoms in total. The molecule has 0 amide bonds. The molecule has 0 aromatic rings. The van der Waals surface area contributed by atoms with Crippen molar-refractivity contribution in [1.82, 2.24) is 0 Å². The van der Waals surface area contributed by atoms with Crippen LogP contribution < -0.4 is 0 Å². The van der Waals surface area contributed by atoms with Gasteiger partial charge in [-0.25, -0.2) is 0 Å². The standard InChI is InChI=1S/C11H16O5/c1-11(2)15-9-7(5-14-6-13-3)4-8(12)10(9)16-11/h4,9-10H,5-6H2,1-3H3/t9-,10+/m1/s1. The molecule has 0 aromatic carbocycles. The summed E-state index contributed by atoms with van der Waals surface area (Å²) in [5.74, 6) is -0.752. The minimum Gasteiger partial charge on any atom is -0.359 e. The van der Waals surface area contributed by atoms with Crippen molar-refractivity contribution in [3.05, 3.63) is 11.6 Å². The fraction of sp³-hybridized carbons (Fsp3) is 0.727. The van der Waals surface area contributed by atoms with Crippen LogP contribution in [-0.2, 0) is 23.7 Å². The number of ether oxygens (including phenoxy) is 4. The fourth-order valence-corrected chi connectivity index (χ4v) is 1.95. The average molecular weight is 228 g/mol. The van der Waals surface area contributed by atoms with Gasteiger partial charge in [0.05, 0.1) is 6.61 Å². The van der Waals surface area contributed by atoms with Crippen molar-refractivity contribution in [3.63, 3.8) is 0 Å². The summed E-state index contributed by atoms with van der Waals surface area (Å²) >= 11 is 0. The van der Waals surface area contributed by atoms with Crippen molar-refractivity contribution in [2.45, 2.75) is 31.8 Å². The lowest BCUT2D eigenvalue weighted by Gasteiger charge is -2.18. The van der Waals surface area contributed by atoms with Gasteiger partial charge in [0.2, 0.25) is 0 Å². The summed E-state index contributed by atoms with van der Waals surface area (Å²) in [6, 6.07) is 0. The normalized spacial score (nSPS) is 31.7. The van der Waals surface area contributed by atoms with Crippen LogP contribution in [0, 0.1) is 0 Å². The topological polar surface area (TPSA) is 54.0 Å². The minimum absolute atomic E-state index is 0.0495. The molecule has 2 rings (SSSR count). The SMILES string of the molecule is COCOCC1=CC(=O)[C@@H]2OC(C)(C)O[C@H]12. The summed E-state index contributed by atoms with van der Waals surface area (Å²) in [7, 11) is 1.55. The summed E-state index contributed by atoms with van der Waals surface area (Å²) in [5.41, 5.74) is 0.817. The zero-order chi connectivity index (χ0) is 11.8. The Labute approximate surface area is 94.3 Å². The second-order valence-electron chi connectivity index (χ2n) is 4.35. The van der Waals surface area contributed by atoms with Crippen LogP contribution in [0.15, 0.2) is 11.6 Å². The molecular weight excluding hydrogens is 212 g/mol. The second kappa shape index (κ2) is 4.25. The van der Waals surface area contributed by atoms with Gasteiger partial charge in [0.15, 0.2) is 17.7 Å². The lowest BCUT2D eigenvalue weighted by atomic mass is 10.2. The Kier molecular flexibility index (Phi) is 3.12. The molecule has 0 aromatic heterocycles. The van der Waals surface area contributed by atoms with Crippen LogP contribution in [0.1, 0.15) is 13.8 Å². The van der Waals surface area contributed by atoms with Gasteiger partial charge >= 0.3 is 0 Å². The first-order valence-corrected chi connectivity index (χ1v) is 5.20. The van der Waals surface area contributed by atoms with Gasteiger partial charge < -0.3 is 18.9 Å². The van der Waals surface area contributed by atoms with Crippen molar-refractivity contribution < 1.29 is 23.7 Å². The van der Waals surface area contributed by atoms with E-state index in [4.69, 9.17) is 18.9 Å². The minimum atomic E-state index is -0.703. The van der Waals surface area contributed by atoms with E-state index in [9.17, 15) is 4.79 Å².